The Morgan fingerprint density at radius 3 is 2.94 bits per heavy atom. The molecule has 1 fully saturated rings. The Morgan fingerprint density at radius 1 is 1.33 bits per heavy atom. The van der Waals surface area contributed by atoms with Crippen molar-refractivity contribution in [2.24, 2.45) is 0 Å². The Balaban J connectivity index is 2.05. The van der Waals surface area contributed by atoms with Crippen molar-refractivity contribution in [2.75, 3.05) is 0 Å². The van der Waals surface area contributed by atoms with E-state index in [9.17, 15) is 9.59 Å². The van der Waals surface area contributed by atoms with E-state index >= 15 is 0 Å². The van der Waals surface area contributed by atoms with Gasteiger partial charge in [0.2, 0.25) is 0 Å². The van der Waals surface area contributed by atoms with Crippen molar-refractivity contribution in [3.8, 4) is 0 Å². The highest BCUT2D eigenvalue weighted by atomic mass is 32.2. The van der Waals surface area contributed by atoms with Crippen molar-refractivity contribution in [1.29, 1.82) is 0 Å². The lowest BCUT2D eigenvalue weighted by Gasteiger charge is -2.13. The zero-order valence-corrected chi connectivity index (χ0v) is 11.5. The molecule has 96 valence electrons. The molecule has 18 heavy (non-hydrogen) atoms. The van der Waals surface area contributed by atoms with Crippen molar-refractivity contribution >= 4 is 23.3 Å². The number of thioether (sulfide) groups is 1. The van der Waals surface area contributed by atoms with Gasteiger partial charge in [-0.25, -0.2) is 0 Å². The van der Waals surface area contributed by atoms with Crippen molar-refractivity contribution in [1.82, 2.24) is 0 Å². The number of carbonyl (C=O) groups excluding carboxylic acids is 2. The predicted molar refractivity (Wildman–Crippen MR) is 74.2 cm³/mol. The molecule has 0 aromatic heterocycles. The maximum Gasteiger partial charge on any atom is 0.159 e. The monoisotopic (exact) mass is 262 g/mol. The second-order valence-electron chi connectivity index (χ2n) is 4.81. The Morgan fingerprint density at radius 2 is 2.17 bits per heavy atom. The smallest absolute Gasteiger partial charge is 0.159 e. The first-order chi connectivity index (χ1) is 8.65. The largest absolute Gasteiger partial charge is 0.300 e. The number of carbonyl (C=O) groups is 2. The summed E-state index contributed by atoms with van der Waals surface area (Å²) in [4.78, 5) is 24.0. The molecular weight excluding hydrogens is 244 g/mol. The van der Waals surface area contributed by atoms with Gasteiger partial charge in [0.05, 0.1) is 0 Å². The number of hydrogen-bond acceptors (Lipinski definition) is 3. The van der Waals surface area contributed by atoms with Crippen LogP contribution in [0.2, 0.25) is 0 Å². The maximum atomic E-state index is 11.6. The van der Waals surface area contributed by atoms with Crippen LogP contribution in [0.5, 0.6) is 0 Å². The molecule has 0 aliphatic heterocycles. The van der Waals surface area contributed by atoms with Crippen LogP contribution >= 0.6 is 11.8 Å². The summed E-state index contributed by atoms with van der Waals surface area (Å²) in [6, 6.07) is 7.71. The first kappa shape index (κ1) is 13.3. The van der Waals surface area contributed by atoms with Gasteiger partial charge in [0, 0.05) is 28.6 Å². The van der Waals surface area contributed by atoms with Gasteiger partial charge in [-0.1, -0.05) is 18.6 Å². The Hall–Kier alpha value is -1.09. The van der Waals surface area contributed by atoms with Crippen LogP contribution in [0.15, 0.2) is 29.2 Å². The second kappa shape index (κ2) is 6.19. The fourth-order valence-corrected chi connectivity index (χ4v) is 3.52. The third kappa shape index (κ3) is 3.70. The molecule has 1 aromatic rings. The van der Waals surface area contributed by atoms with Crippen molar-refractivity contribution < 1.29 is 9.59 Å². The molecule has 1 atom stereocenters. The topological polar surface area (TPSA) is 34.1 Å². The summed E-state index contributed by atoms with van der Waals surface area (Å²) in [7, 11) is 0. The Bertz CT molecular complexity index is 454. The maximum absolute atomic E-state index is 11.6. The number of rotatable bonds is 3. The van der Waals surface area contributed by atoms with E-state index in [1.54, 1.807) is 18.7 Å². The molecule has 0 bridgehead atoms. The normalized spacial score (nSPS) is 20.5. The van der Waals surface area contributed by atoms with Crippen LogP contribution < -0.4 is 0 Å². The number of hydrogen-bond donors (Lipinski definition) is 0. The van der Waals surface area contributed by atoms with Crippen molar-refractivity contribution in [3.63, 3.8) is 0 Å². The van der Waals surface area contributed by atoms with Gasteiger partial charge in [0.25, 0.3) is 0 Å². The fraction of sp³-hybridized carbons (Fsp3) is 0.467. The van der Waals surface area contributed by atoms with E-state index in [-0.39, 0.29) is 5.78 Å². The Labute approximate surface area is 112 Å². The molecule has 0 radical (unpaired) electrons. The van der Waals surface area contributed by atoms with Gasteiger partial charge in [-0.05, 0) is 31.9 Å². The summed E-state index contributed by atoms with van der Waals surface area (Å²) in [6.07, 6.45) is 4.68. The van der Waals surface area contributed by atoms with Gasteiger partial charge in [0.15, 0.2) is 5.78 Å². The van der Waals surface area contributed by atoms with E-state index in [1.807, 2.05) is 24.3 Å². The molecule has 1 unspecified atom stereocenters. The summed E-state index contributed by atoms with van der Waals surface area (Å²) in [5.74, 6) is 0.474. The molecule has 0 saturated heterocycles. The van der Waals surface area contributed by atoms with Crippen LogP contribution in [0.1, 0.15) is 49.4 Å². The molecule has 1 aliphatic carbocycles. The van der Waals surface area contributed by atoms with Gasteiger partial charge in [-0.2, -0.15) is 0 Å². The summed E-state index contributed by atoms with van der Waals surface area (Å²) >= 11 is 1.74. The Kier molecular flexibility index (Phi) is 4.59. The first-order valence-corrected chi connectivity index (χ1v) is 7.32. The molecule has 1 aromatic carbocycles. The summed E-state index contributed by atoms with van der Waals surface area (Å²) < 4.78 is 0. The van der Waals surface area contributed by atoms with E-state index in [1.165, 1.54) is 0 Å². The summed E-state index contributed by atoms with van der Waals surface area (Å²) in [5, 5.41) is 0.377. The van der Waals surface area contributed by atoms with Crippen LogP contribution in [0.3, 0.4) is 0 Å². The fourth-order valence-electron chi connectivity index (χ4n) is 2.23. The number of ketones is 2. The predicted octanol–water partition coefficient (Wildman–Crippen LogP) is 3.88. The second-order valence-corrected chi connectivity index (χ2v) is 6.19. The molecule has 0 heterocycles. The highest BCUT2D eigenvalue weighted by Gasteiger charge is 2.18. The average molecular weight is 262 g/mol. The van der Waals surface area contributed by atoms with Crippen molar-refractivity contribution in [3.05, 3.63) is 29.8 Å². The third-order valence-corrected chi connectivity index (χ3v) is 4.49. The van der Waals surface area contributed by atoms with Gasteiger partial charge in [-0.3, -0.25) is 9.59 Å². The zero-order valence-electron chi connectivity index (χ0n) is 10.6. The van der Waals surface area contributed by atoms with Gasteiger partial charge < -0.3 is 0 Å². The van der Waals surface area contributed by atoms with Crippen molar-refractivity contribution in [2.45, 2.75) is 49.2 Å². The quantitative estimate of drug-likeness (QED) is 0.612. The van der Waals surface area contributed by atoms with Crippen LogP contribution in [0, 0.1) is 0 Å². The molecule has 3 heteroatoms. The lowest BCUT2D eigenvalue weighted by atomic mass is 10.2. The van der Waals surface area contributed by atoms with E-state index < -0.39 is 0 Å². The summed E-state index contributed by atoms with van der Waals surface area (Å²) in [5.41, 5.74) is 0.750. The number of benzene rings is 1. The van der Waals surface area contributed by atoms with Crippen LogP contribution in [-0.2, 0) is 4.79 Å². The van der Waals surface area contributed by atoms with E-state index in [0.29, 0.717) is 17.5 Å². The molecule has 0 amide bonds. The standard InChI is InChI=1S/C15H18O2S/c1-11(16)12-5-4-8-14(9-12)18-15-7-3-2-6-13(17)10-15/h4-5,8-9,15H,2-3,6-7,10H2,1H3. The molecular formula is C15H18O2S. The van der Waals surface area contributed by atoms with E-state index in [0.717, 1.165) is 36.1 Å². The molecule has 2 nitrogen and oxygen atoms in total. The summed E-state index contributed by atoms with van der Waals surface area (Å²) in [6.45, 7) is 1.58. The lowest BCUT2D eigenvalue weighted by molar-refractivity contribution is -0.118. The lowest BCUT2D eigenvalue weighted by Crippen LogP contribution is -2.06. The minimum atomic E-state index is 0.0920. The molecule has 2 rings (SSSR count). The number of Topliss-reactive ketones (excluding diaryl/α,β-unsaturated/α-hetero) is 2. The average Bonchev–Trinajstić information content (AvgIpc) is 2.54. The van der Waals surface area contributed by atoms with Crippen LogP contribution in [-0.4, -0.2) is 16.8 Å². The van der Waals surface area contributed by atoms with Gasteiger partial charge in [0.1, 0.15) is 5.78 Å². The highest BCUT2D eigenvalue weighted by Crippen LogP contribution is 2.32. The highest BCUT2D eigenvalue weighted by molar-refractivity contribution is 8.00. The molecule has 0 spiro atoms. The van der Waals surface area contributed by atoms with E-state index in [4.69, 9.17) is 0 Å². The van der Waals surface area contributed by atoms with Gasteiger partial charge >= 0.3 is 0 Å². The third-order valence-electron chi connectivity index (χ3n) is 3.23. The zero-order chi connectivity index (χ0) is 13.0. The van der Waals surface area contributed by atoms with Gasteiger partial charge in [-0.15, -0.1) is 11.8 Å². The first-order valence-electron chi connectivity index (χ1n) is 6.44. The SMILES string of the molecule is CC(=O)c1cccc(SC2CCCCC(=O)C2)c1. The molecule has 1 aliphatic rings. The molecule has 1 saturated carbocycles. The minimum absolute atomic E-state index is 0.0920. The van der Waals surface area contributed by atoms with E-state index in [2.05, 4.69) is 0 Å². The minimum Gasteiger partial charge on any atom is -0.300 e. The molecule has 0 N–H and O–H groups in total. The van der Waals surface area contributed by atoms with Crippen LogP contribution in [0.25, 0.3) is 0 Å². The van der Waals surface area contributed by atoms with Crippen LogP contribution in [0.4, 0.5) is 0 Å².